The van der Waals surface area contributed by atoms with Gasteiger partial charge in [-0.25, -0.2) is 18.3 Å². The summed E-state index contributed by atoms with van der Waals surface area (Å²) in [5, 5.41) is 4.25. The zero-order valence-corrected chi connectivity index (χ0v) is 24.1. The largest absolute Gasteiger partial charge is 0.444 e. The fraction of sp³-hybridized carbons (Fsp3) is 0.406. The van der Waals surface area contributed by atoms with Gasteiger partial charge >= 0.3 is 6.09 Å². The summed E-state index contributed by atoms with van der Waals surface area (Å²) in [6, 6.07) is 12.4. The van der Waals surface area contributed by atoms with E-state index in [4.69, 9.17) is 4.74 Å². The van der Waals surface area contributed by atoms with Crippen molar-refractivity contribution in [3.63, 3.8) is 0 Å². The Bertz CT molecular complexity index is 1500. The first-order valence-electron chi connectivity index (χ1n) is 14.0. The summed E-state index contributed by atoms with van der Waals surface area (Å²) < 4.78 is 33.9. The summed E-state index contributed by atoms with van der Waals surface area (Å²) in [5.41, 5.74) is 0.526. The molecular formula is C32H35F2N3O5. The molecule has 1 aromatic heterocycles. The van der Waals surface area contributed by atoms with Crippen LogP contribution in [0.1, 0.15) is 68.8 Å². The molecular weight excluding hydrogens is 544 g/mol. The van der Waals surface area contributed by atoms with E-state index in [0.29, 0.717) is 43.5 Å². The van der Waals surface area contributed by atoms with Gasteiger partial charge in [0, 0.05) is 55.6 Å². The maximum atomic E-state index is 13.7. The van der Waals surface area contributed by atoms with E-state index in [9.17, 15) is 28.0 Å². The Hall–Kier alpha value is -4.21. The lowest BCUT2D eigenvalue weighted by Crippen LogP contribution is -2.42. The normalized spacial score (nSPS) is 14.1. The molecule has 1 fully saturated rings. The van der Waals surface area contributed by atoms with Crippen molar-refractivity contribution < 1.29 is 27.9 Å². The monoisotopic (exact) mass is 579 g/mol. The van der Waals surface area contributed by atoms with Crippen LogP contribution in [0.5, 0.6) is 0 Å². The number of likely N-dealkylation sites (tertiary alicyclic amines) is 1. The highest BCUT2D eigenvalue weighted by atomic mass is 19.1. The molecule has 0 bridgehead atoms. The Kier molecular flexibility index (Phi) is 9.65. The van der Waals surface area contributed by atoms with Gasteiger partial charge < -0.3 is 9.64 Å². The van der Waals surface area contributed by atoms with Gasteiger partial charge in [-0.2, -0.15) is 5.10 Å². The zero-order valence-electron chi connectivity index (χ0n) is 24.1. The minimum Gasteiger partial charge on any atom is -0.444 e. The molecule has 2 heterocycles. The number of rotatable bonds is 9. The van der Waals surface area contributed by atoms with E-state index in [1.807, 2.05) is 20.8 Å². The quantitative estimate of drug-likeness (QED) is 0.297. The molecule has 1 amide bonds. The molecule has 0 atom stereocenters. The van der Waals surface area contributed by atoms with Crippen LogP contribution in [-0.2, 0) is 16.1 Å². The topological polar surface area (TPSA) is 98.6 Å². The van der Waals surface area contributed by atoms with E-state index in [-0.39, 0.29) is 54.2 Å². The van der Waals surface area contributed by atoms with Crippen molar-refractivity contribution >= 4 is 17.7 Å². The van der Waals surface area contributed by atoms with E-state index in [1.165, 1.54) is 16.8 Å². The highest BCUT2D eigenvalue weighted by Crippen LogP contribution is 2.24. The Labute approximate surface area is 243 Å². The molecule has 1 saturated heterocycles. The van der Waals surface area contributed by atoms with Gasteiger partial charge in [-0.1, -0.05) is 18.2 Å². The number of carbonyl (C=O) groups excluding carboxylic acids is 3. The van der Waals surface area contributed by atoms with Gasteiger partial charge in [0.15, 0.2) is 5.78 Å². The van der Waals surface area contributed by atoms with Gasteiger partial charge in [-0.05, 0) is 69.4 Å². The van der Waals surface area contributed by atoms with Crippen LogP contribution in [0.4, 0.5) is 13.6 Å². The van der Waals surface area contributed by atoms with Crippen LogP contribution < -0.4 is 5.56 Å². The number of nitrogens with zero attached hydrogens (tertiary/aromatic N) is 3. The number of piperidine rings is 1. The van der Waals surface area contributed by atoms with E-state index in [1.54, 1.807) is 29.2 Å². The van der Waals surface area contributed by atoms with Crippen molar-refractivity contribution in [1.82, 2.24) is 14.7 Å². The second-order valence-electron chi connectivity index (χ2n) is 11.6. The van der Waals surface area contributed by atoms with Gasteiger partial charge in [-0.15, -0.1) is 0 Å². The number of hydrogen-bond donors (Lipinski definition) is 0. The van der Waals surface area contributed by atoms with Gasteiger partial charge in [-0.3, -0.25) is 14.4 Å². The zero-order chi connectivity index (χ0) is 30.4. The van der Waals surface area contributed by atoms with Gasteiger partial charge in [0.05, 0.1) is 12.2 Å². The molecule has 222 valence electrons. The number of amides is 1. The SMILES string of the molecule is CC(C)(C)OC(=O)N1CCC(CC(=O)CCC(=O)c2cccc(Cn3nc(-c4cc(F)cc(F)c4)ccc3=O)c2)CC1. The fourth-order valence-corrected chi connectivity index (χ4v) is 4.90. The van der Waals surface area contributed by atoms with Crippen LogP contribution in [0.15, 0.2) is 59.4 Å². The first-order valence-corrected chi connectivity index (χ1v) is 14.0. The molecule has 2 aromatic carbocycles. The highest BCUT2D eigenvalue weighted by molar-refractivity contribution is 5.98. The second-order valence-corrected chi connectivity index (χ2v) is 11.6. The Morgan fingerprint density at radius 2 is 1.64 bits per heavy atom. The molecule has 1 aliphatic rings. The van der Waals surface area contributed by atoms with Crippen molar-refractivity contribution in [3.05, 3.63) is 87.7 Å². The van der Waals surface area contributed by atoms with E-state index in [2.05, 4.69) is 5.10 Å². The van der Waals surface area contributed by atoms with Crippen molar-refractivity contribution in [3.8, 4) is 11.3 Å². The second kappa shape index (κ2) is 13.2. The summed E-state index contributed by atoms with van der Waals surface area (Å²) >= 11 is 0. The van der Waals surface area contributed by atoms with Gasteiger partial charge in [0.25, 0.3) is 5.56 Å². The molecule has 10 heteroatoms. The van der Waals surface area contributed by atoms with Crippen LogP contribution in [-0.4, -0.2) is 51.0 Å². The van der Waals surface area contributed by atoms with E-state index in [0.717, 1.165) is 18.2 Å². The third kappa shape index (κ3) is 8.64. The van der Waals surface area contributed by atoms with Crippen LogP contribution >= 0.6 is 0 Å². The Morgan fingerprint density at radius 3 is 2.31 bits per heavy atom. The number of Topliss-reactive ketones (excluding diaryl/α,β-unsaturated/α-hetero) is 2. The maximum absolute atomic E-state index is 13.7. The maximum Gasteiger partial charge on any atom is 0.410 e. The number of benzene rings is 2. The molecule has 0 radical (unpaired) electrons. The smallest absolute Gasteiger partial charge is 0.410 e. The van der Waals surface area contributed by atoms with Gasteiger partial charge in [0.1, 0.15) is 23.0 Å². The molecule has 8 nitrogen and oxygen atoms in total. The molecule has 0 aliphatic carbocycles. The number of aromatic nitrogens is 2. The Morgan fingerprint density at radius 1 is 0.952 bits per heavy atom. The summed E-state index contributed by atoms with van der Waals surface area (Å²) in [4.78, 5) is 51.9. The number of ketones is 2. The van der Waals surface area contributed by atoms with Crippen molar-refractivity contribution in [2.24, 2.45) is 5.92 Å². The summed E-state index contributed by atoms with van der Waals surface area (Å²) in [7, 11) is 0. The number of carbonyl (C=O) groups is 3. The molecule has 3 aromatic rings. The lowest BCUT2D eigenvalue weighted by Gasteiger charge is -2.33. The number of hydrogen-bond acceptors (Lipinski definition) is 6. The van der Waals surface area contributed by atoms with E-state index >= 15 is 0 Å². The van der Waals surface area contributed by atoms with Crippen LogP contribution in [0, 0.1) is 17.6 Å². The predicted molar refractivity (Wildman–Crippen MR) is 153 cm³/mol. The number of halogens is 2. The lowest BCUT2D eigenvalue weighted by molar-refractivity contribution is -0.120. The molecule has 0 unspecified atom stereocenters. The minimum absolute atomic E-state index is 0.0107. The highest BCUT2D eigenvalue weighted by Gasteiger charge is 2.28. The predicted octanol–water partition coefficient (Wildman–Crippen LogP) is 5.81. The third-order valence-electron chi connectivity index (χ3n) is 7.02. The summed E-state index contributed by atoms with van der Waals surface area (Å²) in [5.74, 6) is -1.51. The minimum atomic E-state index is -0.752. The van der Waals surface area contributed by atoms with E-state index < -0.39 is 22.8 Å². The van der Waals surface area contributed by atoms with Crippen molar-refractivity contribution in [2.45, 2.75) is 65.0 Å². The summed E-state index contributed by atoms with van der Waals surface area (Å²) in [6.45, 7) is 6.60. The average Bonchev–Trinajstić information content (AvgIpc) is 2.92. The molecule has 0 N–H and O–H groups in total. The molecule has 1 aliphatic heterocycles. The molecule has 4 rings (SSSR count). The average molecular weight is 580 g/mol. The number of ether oxygens (including phenoxy) is 1. The van der Waals surface area contributed by atoms with Crippen LogP contribution in [0.25, 0.3) is 11.3 Å². The lowest BCUT2D eigenvalue weighted by atomic mass is 9.90. The summed E-state index contributed by atoms with van der Waals surface area (Å²) in [6.07, 6.45) is 1.65. The first-order chi connectivity index (χ1) is 19.9. The fourth-order valence-electron chi connectivity index (χ4n) is 4.90. The standard InChI is InChI=1S/C32H35F2N3O5/c1-32(2,3)42-31(41)36-13-11-21(12-14-36)16-27(38)7-9-29(39)23-6-4-5-22(15-23)20-37-30(40)10-8-28(35-37)24-17-25(33)19-26(34)18-24/h4-6,8,10,15,17-19,21H,7,9,11-14,16,20H2,1-3H3. The molecule has 0 spiro atoms. The van der Waals surface area contributed by atoms with Crippen LogP contribution in [0.3, 0.4) is 0 Å². The third-order valence-corrected chi connectivity index (χ3v) is 7.02. The van der Waals surface area contributed by atoms with Crippen LogP contribution in [0.2, 0.25) is 0 Å². The first kappa shape index (κ1) is 30.7. The molecule has 0 saturated carbocycles. The van der Waals surface area contributed by atoms with Crippen molar-refractivity contribution in [1.29, 1.82) is 0 Å². The van der Waals surface area contributed by atoms with Crippen molar-refractivity contribution in [2.75, 3.05) is 13.1 Å². The molecule has 42 heavy (non-hydrogen) atoms. The Balaban J connectivity index is 1.30. The van der Waals surface area contributed by atoms with Gasteiger partial charge in [0.2, 0.25) is 0 Å².